The SMILES string of the molecule is COc1cc2c(cc1NC(=O)NC(C)Cc1cc(C)[nH]n1)OCO2. The van der Waals surface area contributed by atoms with Crippen molar-refractivity contribution >= 4 is 11.7 Å². The van der Waals surface area contributed by atoms with Crippen molar-refractivity contribution in [2.75, 3.05) is 19.2 Å². The van der Waals surface area contributed by atoms with E-state index in [0.29, 0.717) is 29.4 Å². The zero-order valence-corrected chi connectivity index (χ0v) is 13.8. The van der Waals surface area contributed by atoms with Crippen molar-refractivity contribution < 1.29 is 19.0 Å². The van der Waals surface area contributed by atoms with Gasteiger partial charge in [-0.15, -0.1) is 0 Å². The summed E-state index contributed by atoms with van der Waals surface area (Å²) in [6.07, 6.45) is 0.635. The van der Waals surface area contributed by atoms with Crippen LogP contribution in [0.15, 0.2) is 18.2 Å². The molecule has 0 radical (unpaired) electrons. The highest BCUT2D eigenvalue weighted by molar-refractivity contribution is 5.91. The van der Waals surface area contributed by atoms with Crippen LogP contribution in [0.4, 0.5) is 10.5 Å². The Morgan fingerprint density at radius 3 is 2.79 bits per heavy atom. The number of hydrogen-bond acceptors (Lipinski definition) is 5. The Hall–Kier alpha value is -2.90. The lowest BCUT2D eigenvalue weighted by Crippen LogP contribution is -2.37. The average molecular weight is 332 g/mol. The van der Waals surface area contributed by atoms with E-state index in [4.69, 9.17) is 14.2 Å². The number of ether oxygens (including phenoxy) is 3. The highest BCUT2D eigenvalue weighted by atomic mass is 16.7. The van der Waals surface area contributed by atoms with Gasteiger partial charge in [0, 0.05) is 30.3 Å². The summed E-state index contributed by atoms with van der Waals surface area (Å²) in [5.41, 5.74) is 2.41. The lowest BCUT2D eigenvalue weighted by atomic mass is 10.2. The Bertz CT molecular complexity index is 744. The summed E-state index contributed by atoms with van der Waals surface area (Å²) in [5.74, 6) is 1.68. The van der Waals surface area contributed by atoms with E-state index < -0.39 is 0 Å². The summed E-state index contributed by atoms with van der Waals surface area (Å²) in [7, 11) is 1.53. The molecule has 3 N–H and O–H groups in total. The second-order valence-corrected chi connectivity index (χ2v) is 5.65. The minimum Gasteiger partial charge on any atom is -0.494 e. The molecule has 8 nitrogen and oxygen atoms in total. The fourth-order valence-electron chi connectivity index (χ4n) is 2.52. The van der Waals surface area contributed by atoms with E-state index in [0.717, 1.165) is 11.4 Å². The van der Waals surface area contributed by atoms with Gasteiger partial charge in [-0.05, 0) is 19.9 Å². The summed E-state index contributed by atoms with van der Waals surface area (Å²) >= 11 is 0. The number of fused-ring (bicyclic) bond motifs is 1. The van der Waals surface area contributed by atoms with E-state index >= 15 is 0 Å². The number of carbonyl (C=O) groups excluding carboxylic acids is 1. The van der Waals surface area contributed by atoms with Crippen molar-refractivity contribution in [1.29, 1.82) is 0 Å². The van der Waals surface area contributed by atoms with Crippen LogP contribution in [0.1, 0.15) is 18.3 Å². The third-order valence-corrected chi connectivity index (χ3v) is 3.59. The molecule has 8 heteroatoms. The molecule has 0 spiro atoms. The molecule has 2 amide bonds. The number of benzene rings is 1. The Morgan fingerprint density at radius 1 is 1.38 bits per heavy atom. The first-order valence-corrected chi connectivity index (χ1v) is 7.61. The van der Waals surface area contributed by atoms with Crippen LogP contribution in [0.3, 0.4) is 0 Å². The maximum Gasteiger partial charge on any atom is 0.319 e. The predicted octanol–water partition coefficient (Wildman–Crippen LogP) is 2.21. The van der Waals surface area contributed by atoms with Crippen molar-refractivity contribution in [3.8, 4) is 17.2 Å². The van der Waals surface area contributed by atoms with Gasteiger partial charge in [0.1, 0.15) is 5.75 Å². The van der Waals surface area contributed by atoms with Crippen LogP contribution in [0.25, 0.3) is 0 Å². The number of methoxy groups -OCH3 is 1. The molecule has 128 valence electrons. The highest BCUT2D eigenvalue weighted by Gasteiger charge is 2.19. The lowest BCUT2D eigenvalue weighted by molar-refractivity contribution is 0.174. The molecule has 0 aliphatic carbocycles. The van der Waals surface area contributed by atoms with Crippen LogP contribution in [0, 0.1) is 6.92 Å². The largest absolute Gasteiger partial charge is 0.494 e. The van der Waals surface area contributed by atoms with Crippen LogP contribution in [0.5, 0.6) is 17.2 Å². The Labute approximate surface area is 139 Å². The summed E-state index contributed by atoms with van der Waals surface area (Å²) in [6, 6.07) is 4.92. The monoisotopic (exact) mass is 332 g/mol. The molecule has 1 atom stereocenters. The number of nitrogens with zero attached hydrogens (tertiary/aromatic N) is 1. The number of H-pyrrole nitrogens is 1. The number of hydrogen-bond donors (Lipinski definition) is 3. The van der Waals surface area contributed by atoms with E-state index in [1.54, 1.807) is 12.1 Å². The Kier molecular flexibility index (Phi) is 4.45. The smallest absolute Gasteiger partial charge is 0.319 e. The van der Waals surface area contributed by atoms with Gasteiger partial charge in [0.2, 0.25) is 6.79 Å². The number of amides is 2. The van der Waals surface area contributed by atoms with E-state index in [1.807, 2.05) is 19.9 Å². The third kappa shape index (κ3) is 3.53. The molecule has 1 aromatic carbocycles. The topological polar surface area (TPSA) is 97.5 Å². The van der Waals surface area contributed by atoms with E-state index in [9.17, 15) is 4.79 Å². The van der Waals surface area contributed by atoms with Gasteiger partial charge in [-0.2, -0.15) is 5.10 Å². The number of aryl methyl sites for hydroxylation is 1. The molecule has 0 saturated carbocycles. The first kappa shape index (κ1) is 16.0. The maximum atomic E-state index is 12.2. The van der Waals surface area contributed by atoms with Crippen molar-refractivity contribution in [3.63, 3.8) is 0 Å². The number of rotatable bonds is 5. The van der Waals surface area contributed by atoms with Gasteiger partial charge in [-0.3, -0.25) is 5.10 Å². The lowest BCUT2D eigenvalue weighted by Gasteiger charge is -2.15. The zero-order chi connectivity index (χ0) is 17.1. The van der Waals surface area contributed by atoms with Crippen molar-refractivity contribution in [3.05, 3.63) is 29.6 Å². The minimum absolute atomic E-state index is 0.0762. The van der Waals surface area contributed by atoms with Crippen LogP contribution in [-0.4, -0.2) is 36.2 Å². The standard InChI is InChI=1S/C16H20N4O4/c1-9(4-11-5-10(2)19-20-11)17-16(21)18-12-6-14-15(24-8-23-14)7-13(12)22-3/h5-7,9H,4,8H2,1-3H3,(H,19,20)(H2,17,18,21). The van der Waals surface area contributed by atoms with Crippen molar-refractivity contribution in [2.45, 2.75) is 26.3 Å². The normalized spacial score (nSPS) is 13.5. The van der Waals surface area contributed by atoms with Crippen LogP contribution < -0.4 is 24.8 Å². The molecule has 24 heavy (non-hydrogen) atoms. The summed E-state index contributed by atoms with van der Waals surface area (Å²) in [4.78, 5) is 12.2. The zero-order valence-electron chi connectivity index (χ0n) is 13.8. The Balaban J connectivity index is 1.62. The summed E-state index contributed by atoms with van der Waals surface area (Å²) in [6.45, 7) is 4.02. The molecule has 0 bridgehead atoms. The maximum absolute atomic E-state index is 12.2. The molecule has 3 rings (SSSR count). The minimum atomic E-state index is -0.327. The number of aromatic amines is 1. The van der Waals surface area contributed by atoms with Crippen LogP contribution in [-0.2, 0) is 6.42 Å². The third-order valence-electron chi connectivity index (χ3n) is 3.59. The second-order valence-electron chi connectivity index (χ2n) is 5.65. The van der Waals surface area contributed by atoms with Gasteiger partial charge in [0.05, 0.1) is 18.5 Å². The average Bonchev–Trinajstić information content (AvgIpc) is 3.14. The Morgan fingerprint density at radius 2 is 2.12 bits per heavy atom. The molecular weight excluding hydrogens is 312 g/mol. The predicted molar refractivity (Wildman–Crippen MR) is 87.8 cm³/mol. The fraction of sp³-hybridized carbons (Fsp3) is 0.375. The van der Waals surface area contributed by atoms with E-state index in [-0.39, 0.29) is 18.9 Å². The van der Waals surface area contributed by atoms with Gasteiger partial charge in [0.15, 0.2) is 11.5 Å². The second kappa shape index (κ2) is 6.69. The molecule has 1 unspecified atom stereocenters. The van der Waals surface area contributed by atoms with Crippen molar-refractivity contribution in [1.82, 2.24) is 15.5 Å². The van der Waals surface area contributed by atoms with E-state index in [1.165, 1.54) is 7.11 Å². The first-order chi connectivity index (χ1) is 11.5. The van der Waals surface area contributed by atoms with Gasteiger partial charge >= 0.3 is 6.03 Å². The molecule has 2 heterocycles. The van der Waals surface area contributed by atoms with Crippen molar-refractivity contribution in [2.24, 2.45) is 0 Å². The molecular formula is C16H20N4O4. The van der Waals surface area contributed by atoms with Crippen LogP contribution in [0.2, 0.25) is 0 Å². The summed E-state index contributed by atoms with van der Waals surface area (Å²) < 4.78 is 15.9. The molecule has 0 fully saturated rings. The van der Waals surface area contributed by atoms with Gasteiger partial charge in [-0.1, -0.05) is 0 Å². The van der Waals surface area contributed by atoms with Crippen LogP contribution >= 0.6 is 0 Å². The number of carbonyl (C=O) groups is 1. The molecule has 2 aromatic rings. The quantitative estimate of drug-likeness (QED) is 0.780. The number of aromatic nitrogens is 2. The van der Waals surface area contributed by atoms with Gasteiger partial charge < -0.3 is 24.8 Å². The first-order valence-electron chi connectivity index (χ1n) is 7.61. The molecule has 1 aliphatic rings. The van der Waals surface area contributed by atoms with Gasteiger partial charge in [0.25, 0.3) is 0 Å². The number of urea groups is 1. The fourth-order valence-corrected chi connectivity index (χ4v) is 2.52. The highest BCUT2D eigenvalue weighted by Crippen LogP contribution is 2.40. The molecule has 1 aromatic heterocycles. The molecule has 0 saturated heterocycles. The van der Waals surface area contributed by atoms with E-state index in [2.05, 4.69) is 20.8 Å². The summed E-state index contributed by atoms with van der Waals surface area (Å²) in [5, 5.41) is 12.7. The number of anilines is 1. The molecule has 1 aliphatic heterocycles. The number of nitrogens with one attached hydrogen (secondary N) is 3. The van der Waals surface area contributed by atoms with Gasteiger partial charge in [-0.25, -0.2) is 4.79 Å².